The average Bonchev–Trinajstić information content (AvgIpc) is 2.38. The van der Waals surface area contributed by atoms with E-state index in [1.165, 1.54) is 13.8 Å². The number of carbonyl (C=O) groups excluding carboxylic acids is 2. The molecule has 0 saturated carbocycles. The van der Waals surface area contributed by atoms with Crippen molar-refractivity contribution >= 4 is 23.9 Å². The quantitative estimate of drug-likeness (QED) is 0.392. The van der Waals surface area contributed by atoms with Gasteiger partial charge in [0.15, 0.2) is 0 Å². The van der Waals surface area contributed by atoms with Gasteiger partial charge in [0.05, 0.1) is 13.2 Å². The van der Waals surface area contributed by atoms with Gasteiger partial charge in [0, 0.05) is 26.7 Å². The van der Waals surface area contributed by atoms with E-state index in [9.17, 15) is 19.2 Å². The Morgan fingerprint density at radius 2 is 1.09 bits per heavy atom. The molecular weight excluding hydrogens is 300 g/mol. The Morgan fingerprint density at radius 3 is 1.27 bits per heavy atom. The van der Waals surface area contributed by atoms with Gasteiger partial charge in [0.1, 0.15) is 12.1 Å². The predicted molar refractivity (Wildman–Crippen MR) is 73.7 cm³/mol. The Kier molecular flexibility index (Phi) is 12.6. The Bertz CT molecular complexity index is 349. The number of carbonyl (C=O) groups is 4. The highest BCUT2D eigenvalue weighted by atomic mass is 16.5. The van der Waals surface area contributed by atoms with E-state index in [1.807, 2.05) is 0 Å². The van der Waals surface area contributed by atoms with Gasteiger partial charge in [-0.15, -0.1) is 0 Å². The zero-order valence-electron chi connectivity index (χ0n) is 12.5. The van der Waals surface area contributed by atoms with Gasteiger partial charge in [0.2, 0.25) is 0 Å². The number of nitrogens with two attached hydrogens (primary N) is 2. The van der Waals surface area contributed by atoms with Crippen molar-refractivity contribution in [1.29, 1.82) is 0 Å². The standard InChI is InChI=1S/2C6H11NO4/c2*1-4(8)11-3-2-5(7)6(9)10/h2*5H,2-3,7H2,1H3,(H,9,10)/t2*5-/m00/s1. The minimum Gasteiger partial charge on any atom is -0.480 e. The van der Waals surface area contributed by atoms with Crippen molar-refractivity contribution in [3.05, 3.63) is 0 Å². The summed E-state index contributed by atoms with van der Waals surface area (Å²) < 4.78 is 8.96. The highest BCUT2D eigenvalue weighted by Gasteiger charge is 2.11. The molecule has 0 rings (SSSR count). The van der Waals surface area contributed by atoms with E-state index >= 15 is 0 Å². The summed E-state index contributed by atoms with van der Waals surface area (Å²) >= 11 is 0. The first-order valence-corrected chi connectivity index (χ1v) is 6.31. The number of carboxylic acid groups (broad SMARTS) is 2. The Balaban J connectivity index is 0. The summed E-state index contributed by atoms with van der Waals surface area (Å²) in [5, 5.41) is 16.6. The van der Waals surface area contributed by atoms with Crippen LogP contribution in [-0.4, -0.2) is 59.4 Å². The molecule has 0 aliphatic rings. The van der Waals surface area contributed by atoms with Crippen LogP contribution in [0.4, 0.5) is 0 Å². The van der Waals surface area contributed by atoms with Gasteiger partial charge in [-0.05, 0) is 0 Å². The molecule has 0 aromatic carbocycles. The van der Waals surface area contributed by atoms with Gasteiger partial charge in [-0.1, -0.05) is 0 Å². The monoisotopic (exact) mass is 322 g/mol. The summed E-state index contributed by atoms with van der Waals surface area (Å²) in [6.45, 7) is 2.63. The van der Waals surface area contributed by atoms with Gasteiger partial charge >= 0.3 is 23.9 Å². The van der Waals surface area contributed by atoms with E-state index in [4.69, 9.17) is 21.7 Å². The second-order valence-electron chi connectivity index (χ2n) is 4.15. The third kappa shape index (κ3) is 15.9. The maximum Gasteiger partial charge on any atom is 0.320 e. The highest BCUT2D eigenvalue weighted by molar-refractivity contribution is 5.73. The maximum absolute atomic E-state index is 10.2. The van der Waals surface area contributed by atoms with Crippen LogP contribution >= 0.6 is 0 Å². The zero-order valence-corrected chi connectivity index (χ0v) is 12.5. The van der Waals surface area contributed by atoms with Crippen LogP contribution in [0.5, 0.6) is 0 Å². The van der Waals surface area contributed by atoms with E-state index < -0.39 is 36.0 Å². The lowest BCUT2D eigenvalue weighted by Gasteiger charge is -2.04. The molecule has 0 aromatic heterocycles. The molecule has 0 bridgehead atoms. The van der Waals surface area contributed by atoms with Crippen molar-refractivity contribution in [3.8, 4) is 0 Å². The molecule has 0 saturated heterocycles. The molecule has 0 radical (unpaired) electrons. The molecule has 22 heavy (non-hydrogen) atoms. The summed E-state index contributed by atoms with van der Waals surface area (Å²) in [5.74, 6) is -3.03. The van der Waals surface area contributed by atoms with Gasteiger partial charge in [-0.2, -0.15) is 0 Å². The highest BCUT2D eigenvalue weighted by Crippen LogP contribution is 1.90. The fourth-order valence-corrected chi connectivity index (χ4v) is 0.906. The minimum atomic E-state index is -1.09. The lowest BCUT2D eigenvalue weighted by molar-refractivity contribution is -0.144. The summed E-state index contributed by atoms with van der Waals surface area (Å²) in [5.41, 5.74) is 10.2. The van der Waals surface area contributed by atoms with E-state index in [0.29, 0.717) is 0 Å². The second kappa shape index (κ2) is 12.5. The van der Waals surface area contributed by atoms with Gasteiger partial charge in [-0.25, -0.2) is 0 Å². The molecule has 0 aliphatic carbocycles. The lowest BCUT2D eigenvalue weighted by Crippen LogP contribution is -2.31. The van der Waals surface area contributed by atoms with E-state index in [-0.39, 0.29) is 26.1 Å². The normalized spacial score (nSPS) is 12.2. The van der Waals surface area contributed by atoms with Crippen LogP contribution in [0.1, 0.15) is 26.7 Å². The third-order valence-corrected chi connectivity index (χ3v) is 2.10. The van der Waals surface area contributed by atoms with E-state index in [2.05, 4.69) is 9.47 Å². The minimum absolute atomic E-state index is 0.0583. The molecule has 0 aromatic rings. The largest absolute Gasteiger partial charge is 0.480 e. The number of carboxylic acids is 2. The molecule has 2 atom stereocenters. The Labute approximate surface area is 127 Å². The molecule has 10 heteroatoms. The van der Waals surface area contributed by atoms with E-state index in [0.717, 1.165) is 0 Å². The third-order valence-electron chi connectivity index (χ3n) is 2.10. The Hall–Kier alpha value is -2.20. The van der Waals surface area contributed by atoms with Gasteiger partial charge < -0.3 is 31.2 Å². The molecule has 0 unspecified atom stereocenters. The van der Waals surface area contributed by atoms with Crippen molar-refractivity contribution < 1.29 is 38.9 Å². The van der Waals surface area contributed by atoms with Crippen LogP contribution in [-0.2, 0) is 28.7 Å². The Morgan fingerprint density at radius 1 is 0.818 bits per heavy atom. The van der Waals surface area contributed by atoms with Crippen LogP contribution in [0.2, 0.25) is 0 Å². The zero-order chi connectivity index (χ0) is 17.7. The van der Waals surface area contributed by atoms with Crippen LogP contribution in [0, 0.1) is 0 Å². The molecule has 128 valence electrons. The molecule has 0 heterocycles. The van der Waals surface area contributed by atoms with E-state index in [1.54, 1.807) is 0 Å². The molecule has 0 spiro atoms. The molecule has 6 N–H and O–H groups in total. The number of ether oxygens (including phenoxy) is 2. The number of hydrogen-bond acceptors (Lipinski definition) is 8. The summed E-state index contributed by atoms with van der Waals surface area (Å²) in [7, 11) is 0. The number of rotatable bonds is 8. The smallest absolute Gasteiger partial charge is 0.320 e. The van der Waals surface area contributed by atoms with Crippen LogP contribution < -0.4 is 11.5 Å². The van der Waals surface area contributed by atoms with Crippen LogP contribution in [0.25, 0.3) is 0 Å². The fourth-order valence-electron chi connectivity index (χ4n) is 0.906. The van der Waals surface area contributed by atoms with Crippen LogP contribution in [0.15, 0.2) is 0 Å². The lowest BCUT2D eigenvalue weighted by atomic mass is 10.2. The molecule has 10 nitrogen and oxygen atoms in total. The predicted octanol–water partition coefficient (Wildman–Crippen LogP) is -1.30. The van der Waals surface area contributed by atoms with Gasteiger partial charge in [0.25, 0.3) is 0 Å². The SMILES string of the molecule is CC(=O)OCC[C@H](N)C(=O)O.CC(=O)OCC[C@H](N)C(=O)O. The molecule has 0 fully saturated rings. The topological polar surface area (TPSA) is 179 Å². The average molecular weight is 322 g/mol. The number of aliphatic carboxylic acids is 2. The summed E-state index contributed by atoms with van der Waals surface area (Å²) in [6, 6.07) is -1.90. The first kappa shape index (κ1) is 22.1. The maximum atomic E-state index is 10.2. The van der Waals surface area contributed by atoms with Crippen molar-refractivity contribution in [2.75, 3.05) is 13.2 Å². The number of hydrogen-bond donors (Lipinski definition) is 4. The fraction of sp³-hybridized carbons (Fsp3) is 0.667. The molecular formula is C12H22N2O8. The summed E-state index contributed by atoms with van der Waals surface area (Å²) in [6.07, 6.45) is 0.295. The molecule has 0 amide bonds. The van der Waals surface area contributed by atoms with Crippen LogP contribution in [0.3, 0.4) is 0 Å². The second-order valence-corrected chi connectivity index (χ2v) is 4.15. The van der Waals surface area contributed by atoms with Crippen molar-refractivity contribution in [2.45, 2.75) is 38.8 Å². The van der Waals surface area contributed by atoms with Crippen molar-refractivity contribution in [1.82, 2.24) is 0 Å². The first-order valence-electron chi connectivity index (χ1n) is 6.31. The molecule has 0 aliphatic heterocycles. The first-order chi connectivity index (χ1) is 10.1. The number of esters is 2. The summed E-state index contributed by atoms with van der Waals surface area (Å²) in [4.78, 5) is 40.6. The van der Waals surface area contributed by atoms with Crippen molar-refractivity contribution in [3.63, 3.8) is 0 Å². The van der Waals surface area contributed by atoms with Gasteiger partial charge in [-0.3, -0.25) is 19.2 Å². The van der Waals surface area contributed by atoms with Crippen molar-refractivity contribution in [2.24, 2.45) is 11.5 Å².